The van der Waals surface area contributed by atoms with E-state index in [-0.39, 0.29) is 11.9 Å². The quantitative estimate of drug-likeness (QED) is 0.701. The molecule has 0 spiro atoms. The number of carbonyl (C=O) groups is 1. The molecule has 1 atom stereocenters. The topological polar surface area (TPSA) is 41.6 Å². The van der Waals surface area contributed by atoms with Crippen LogP contribution in [0.1, 0.15) is 56.3 Å². The summed E-state index contributed by atoms with van der Waals surface area (Å²) in [7, 11) is 1.67. The predicted molar refractivity (Wildman–Crippen MR) is 113 cm³/mol. The second-order valence-corrected chi connectivity index (χ2v) is 7.26. The minimum absolute atomic E-state index is 0.0165. The molecule has 0 radical (unpaired) electrons. The first-order chi connectivity index (χ1) is 12.9. The highest BCUT2D eigenvalue weighted by Gasteiger charge is 2.19. The number of ether oxygens (including phenoxy) is 1. The highest BCUT2D eigenvalue weighted by atomic mass is 16.5. The lowest BCUT2D eigenvalue weighted by molar-refractivity contribution is -0.117. The maximum absolute atomic E-state index is 12.8. The largest absolute Gasteiger partial charge is 0.497 e. The summed E-state index contributed by atoms with van der Waals surface area (Å²) in [6.07, 6.45) is 0. The fraction of sp³-hybridized carbons (Fsp3) is 0.435. The third kappa shape index (κ3) is 5.33. The molecule has 0 aliphatic heterocycles. The molecule has 0 heterocycles. The number of aryl methyl sites for hydroxylation is 1. The van der Waals surface area contributed by atoms with Gasteiger partial charge in [0.2, 0.25) is 5.91 Å². The number of rotatable bonds is 8. The van der Waals surface area contributed by atoms with E-state index in [9.17, 15) is 4.79 Å². The molecule has 0 saturated carbocycles. The van der Waals surface area contributed by atoms with E-state index in [1.165, 1.54) is 5.56 Å². The van der Waals surface area contributed by atoms with E-state index in [0.29, 0.717) is 12.5 Å². The highest BCUT2D eigenvalue weighted by Crippen LogP contribution is 2.28. The van der Waals surface area contributed by atoms with E-state index in [2.05, 4.69) is 50.0 Å². The van der Waals surface area contributed by atoms with Crippen LogP contribution < -0.4 is 10.1 Å². The number of carbonyl (C=O) groups excluding carboxylic acids is 1. The van der Waals surface area contributed by atoms with Gasteiger partial charge in [-0.15, -0.1) is 0 Å². The van der Waals surface area contributed by atoms with Crippen molar-refractivity contribution in [2.24, 2.45) is 0 Å². The minimum atomic E-state index is 0.0165. The van der Waals surface area contributed by atoms with E-state index in [0.717, 1.165) is 29.1 Å². The summed E-state index contributed by atoms with van der Waals surface area (Å²) in [4.78, 5) is 15.0. The normalized spacial score (nSPS) is 12.3. The molecule has 0 aliphatic rings. The summed E-state index contributed by atoms with van der Waals surface area (Å²) < 4.78 is 5.33. The van der Waals surface area contributed by atoms with Crippen LogP contribution in [-0.4, -0.2) is 31.0 Å². The third-order valence-electron chi connectivity index (χ3n) is 5.07. The van der Waals surface area contributed by atoms with Crippen LogP contribution in [0.2, 0.25) is 0 Å². The Morgan fingerprint density at radius 2 is 1.85 bits per heavy atom. The smallest absolute Gasteiger partial charge is 0.238 e. The first-order valence-corrected chi connectivity index (χ1v) is 9.64. The number of anilines is 1. The lowest BCUT2D eigenvalue weighted by Crippen LogP contribution is -2.35. The molecule has 0 saturated heterocycles. The zero-order chi connectivity index (χ0) is 20.0. The molecule has 1 N–H and O–H groups in total. The number of likely N-dealkylation sites (N-methyl/N-ethyl adjacent to an activating group) is 1. The molecule has 4 heteroatoms. The van der Waals surface area contributed by atoms with Crippen LogP contribution in [0.3, 0.4) is 0 Å². The van der Waals surface area contributed by atoms with E-state index in [1.54, 1.807) is 7.11 Å². The van der Waals surface area contributed by atoms with Crippen LogP contribution in [0.15, 0.2) is 42.5 Å². The summed E-state index contributed by atoms with van der Waals surface area (Å²) in [5.74, 6) is 1.21. The molecule has 1 unspecified atom stereocenters. The minimum Gasteiger partial charge on any atom is -0.497 e. The maximum Gasteiger partial charge on any atom is 0.238 e. The lowest BCUT2D eigenvalue weighted by Gasteiger charge is -2.28. The standard InChI is InChI=1S/C23H32N2O2/c1-7-25(18(5)19-11-9-12-20(14-19)27-6)15-22(26)24-23-17(4)10-8-13-21(23)16(2)3/h8-14,16,18H,7,15H2,1-6H3,(H,24,26). The Hall–Kier alpha value is -2.33. The van der Waals surface area contributed by atoms with Crippen molar-refractivity contribution in [2.75, 3.05) is 25.5 Å². The summed E-state index contributed by atoms with van der Waals surface area (Å²) in [5.41, 5.74) is 4.36. The SMILES string of the molecule is CCN(CC(=O)Nc1c(C)cccc1C(C)C)C(C)c1cccc(OC)c1. The Labute approximate surface area is 163 Å². The van der Waals surface area contributed by atoms with Crippen molar-refractivity contribution in [3.05, 3.63) is 59.2 Å². The van der Waals surface area contributed by atoms with Gasteiger partial charge in [0.1, 0.15) is 5.75 Å². The van der Waals surface area contributed by atoms with Gasteiger partial charge in [-0.2, -0.15) is 0 Å². The monoisotopic (exact) mass is 368 g/mol. The zero-order valence-corrected chi connectivity index (χ0v) is 17.4. The van der Waals surface area contributed by atoms with Gasteiger partial charge in [-0.05, 0) is 55.1 Å². The molecule has 0 fully saturated rings. The third-order valence-corrected chi connectivity index (χ3v) is 5.07. The second kappa shape index (κ2) is 9.56. The van der Waals surface area contributed by atoms with Crippen LogP contribution >= 0.6 is 0 Å². The molecule has 2 aromatic rings. The number of methoxy groups -OCH3 is 1. The van der Waals surface area contributed by atoms with Crippen LogP contribution in [-0.2, 0) is 4.79 Å². The second-order valence-electron chi connectivity index (χ2n) is 7.26. The molecule has 1 amide bonds. The Morgan fingerprint density at radius 3 is 2.48 bits per heavy atom. The lowest BCUT2D eigenvalue weighted by atomic mass is 9.98. The Morgan fingerprint density at radius 1 is 1.15 bits per heavy atom. The van der Waals surface area contributed by atoms with Gasteiger partial charge >= 0.3 is 0 Å². The van der Waals surface area contributed by atoms with Crippen molar-refractivity contribution in [2.45, 2.75) is 46.6 Å². The molecular formula is C23H32N2O2. The first-order valence-electron chi connectivity index (χ1n) is 9.64. The number of amides is 1. The van der Waals surface area contributed by atoms with E-state index in [4.69, 9.17) is 4.74 Å². The number of benzene rings is 2. The molecule has 2 rings (SSSR count). The van der Waals surface area contributed by atoms with Gasteiger partial charge in [0.05, 0.1) is 13.7 Å². The Bertz CT molecular complexity index is 771. The van der Waals surface area contributed by atoms with Crippen LogP contribution in [0.25, 0.3) is 0 Å². The van der Waals surface area contributed by atoms with E-state index in [1.807, 2.05) is 37.3 Å². The van der Waals surface area contributed by atoms with Crippen molar-refractivity contribution in [1.82, 2.24) is 4.90 Å². The van der Waals surface area contributed by atoms with E-state index >= 15 is 0 Å². The zero-order valence-electron chi connectivity index (χ0n) is 17.4. The highest BCUT2D eigenvalue weighted by molar-refractivity contribution is 5.94. The Balaban J connectivity index is 2.13. The predicted octanol–water partition coefficient (Wildman–Crippen LogP) is 5.15. The molecule has 27 heavy (non-hydrogen) atoms. The van der Waals surface area contributed by atoms with Gasteiger partial charge in [0, 0.05) is 11.7 Å². The summed E-state index contributed by atoms with van der Waals surface area (Å²) in [5, 5.41) is 3.15. The number of nitrogens with one attached hydrogen (secondary N) is 1. The van der Waals surface area contributed by atoms with Crippen molar-refractivity contribution in [1.29, 1.82) is 0 Å². The molecule has 146 valence electrons. The molecule has 4 nitrogen and oxygen atoms in total. The number of nitrogens with zero attached hydrogens (tertiary/aromatic N) is 1. The summed E-state index contributed by atoms with van der Waals surface area (Å²) >= 11 is 0. The van der Waals surface area contributed by atoms with Crippen molar-refractivity contribution in [3.8, 4) is 5.75 Å². The first kappa shape index (κ1) is 21.0. The van der Waals surface area contributed by atoms with Gasteiger partial charge in [-0.25, -0.2) is 0 Å². The summed E-state index contributed by atoms with van der Waals surface area (Å²) in [6.45, 7) is 11.7. The molecule has 2 aromatic carbocycles. The fourth-order valence-electron chi connectivity index (χ4n) is 3.34. The molecule has 0 bridgehead atoms. The summed E-state index contributed by atoms with van der Waals surface area (Å²) in [6, 6.07) is 14.3. The fourth-order valence-corrected chi connectivity index (χ4v) is 3.34. The average molecular weight is 369 g/mol. The van der Waals surface area contributed by atoms with Gasteiger partial charge in [0.15, 0.2) is 0 Å². The molecule has 0 aromatic heterocycles. The van der Waals surface area contributed by atoms with Gasteiger partial charge in [-0.1, -0.05) is 51.1 Å². The van der Waals surface area contributed by atoms with Crippen LogP contribution in [0.4, 0.5) is 5.69 Å². The molecule has 0 aliphatic carbocycles. The maximum atomic E-state index is 12.8. The van der Waals surface area contributed by atoms with Crippen molar-refractivity contribution in [3.63, 3.8) is 0 Å². The van der Waals surface area contributed by atoms with Gasteiger partial charge < -0.3 is 10.1 Å². The van der Waals surface area contributed by atoms with Crippen LogP contribution in [0, 0.1) is 6.92 Å². The van der Waals surface area contributed by atoms with Crippen LogP contribution in [0.5, 0.6) is 5.75 Å². The molecular weight excluding hydrogens is 336 g/mol. The van der Waals surface area contributed by atoms with Crippen molar-refractivity contribution >= 4 is 11.6 Å². The van der Waals surface area contributed by atoms with Crippen molar-refractivity contribution < 1.29 is 9.53 Å². The van der Waals surface area contributed by atoms with Gasteiger partial charge in [-0.3, -0.25) is 9.69 Å². The van der Waals surface area contributed by atoms with Gasteiger partial charge in [0.25, 0.3) is 0 Å². The number of hydrogen-bond donors (Lipinski definition) is 1. The number of para-hydroxylation sites is 1. The average Bonchev–Trinajstić information content (AvgIpc) is 2.67. The van der Waals surface area contributed by atoms with E-state index < -0.39 is 0 Å². The number of hydrogen-bond acceptors (Lipinski definition) is 3. The Kier molecular flexibility index (Phi) is 7.43.